The van der Waals surface area contributed by atoms with Gasteiger partial charge in [-0.1, -0.05) is 47.7 Å². The van der Waals surface area contributed by atoms with Crippen molar-refractivity contribution in [1.29, 1.82) is 0 Å². The van der Waals surface area contributed by atoms with Crippen LogP contribution in [0.2, 0.25) is 0 Å². The van der Waals surface area contributed by atoms with Crippen molar-refractivity contribution in [2.75, 3.05) is 13.1 Å². The molecule has 26 heavy (non-hydrogen) atoms. The first-order chi connectivity index (χ1) is 12.8. The van der Waals surface area contributed by atoms with E-state index in [4.69, 9.17) is 0 Å². The second kappa shape index (κ2) is 6.12. The van der Waals surface area contributed by atoms with Gasteiger partial charge in [-0.05, 0) is 29.2 Å². The Morgan fingerprint density at radius 1 is 1.12 bits per heavy atom. The Balaban J connectivity index is 1.18. The molecular weight excluding hydrogens is 326 g/mol. The van der Waals surface area contributed by atoms with Crippen molar-refractivity contribution in [3.63, 3.8) is 0 Å². The maximum Gasteiger partial charge on any atom is 0.317 e. The number of nitrogens with zero attached hydrogens (tertiary/aromatic N) is 4. The van der Waals surface area contributed by atoms with E-state index in [0.717, 1.165) is 11.3 Å². The summed E-state index contributed by atoms with van der Waals surface area (Å²) in [7, 11) is 0. The first kappa shape index (κ1) is 15.4. The summed E-state index contributed by atoms with van der Waals surface area (Å²) >= 11 is 0. The van der Waals surface area contributed by atoms with E-state index in [1.165, 1.54) is 23.6 Å². The molecule has 0 radical (unpaired) electrons. The predicted octanol–water partition coefficient (Wildman–Crippen LogP) is 3.08. The molecule has 1 N–H and O–H groups in total. The van der Waals surface area contributed by atoms with Crippen LogP contribution in [0.5, 0.6) is 0 Å². The van der Waals surface area contributed by atoms with Crippen molar-refractivity contribution in [3.05, 3.63) is 59.9 Å². The standard InChI is InChI=1S/C20H21N5O/c26-20(21-10-16-6-3-5-14-4-1-2-7-18(14)16)24-11-17(12-24)25-13-19(22-23-25)15-8-9-15/h1-7,13,15,17H,8-12H2,(H,21,26). The second-order valence-corrected chi connectivity index (χ2v) is 7.25. The number of hydrogen-bond donors (Lipinski definition) is 1. The molecule has 0 spiro atoms. The molecule has 2 aromatic carbocycles. The molecule has 5 rings (SSSR count). The van der Waals surface area contributed by atoms with Crippen LogP contribution in [0.3, 0.4) is 0 Å². The first-order valence-electron chi connectivity index (χ1n) is 9.19. The minimum absolute atomic E-state index is 0.0169. The number of carbonyl (C=O) groups excluding carboxylic acids is 1. The SMILES string of the molecule is O=C(NCc1cccc2ccccc12)N1CC(n2cc(C3CC3)nn2)C1. The van der Waals surface area contributed by atoms with Crippen LogP contribution < -0.4 is 5.32 Å². The monoisotopic (exact) mass is 347 g/mol. The highest BCUT2D eigenvalue weighted by molar-refractivity contribution is 5.86. The van der Waals surface area contributed by atoms with Gasteiger partial charge in [-0.3, -0.25) is 0 Å². The summed E-state index contributed by atoms with van der Waals surface area (Å²) in [5.74, 6) is 0.615. The third-order valence-corrected chi connectivity index (χ3v) is 5.36. The fourth-order valence-electron chi connectivity index (χ4n) is 3.55. The number of amides is 2. The lowest BCUT2D eigenvalue weighted by molar-refractivity contribution is 0.117. The molecule has 1 saturated heterocycles. The van der Waals surface area contributed by atoms with Crippen molar-refractivity contribution < 1.29 is 4.79 Å². The van der Waals surface area contributed by atoms with Gasteiger partial charge in [-0.25, -0.2) is 9.48 Å². The lowest BCUT2D eigenvalue weighted by atomic mass is 10.0. The number of aromatic nitrogens is 3. The van der Waals surface area contributed by atoms with Gasteiger partial charge >= 0.3 is 6.03 Å². The molecule has 1 aromatic heterocycles. The molecule has 0 unspecified atom stereocenters. The van der Waals surface area contributed by atoms with Crippen molar-refractivity contribution in [2.24, 2.45) is 0 Å². The summed E-state index contributed by atoms with van der Waals surface area (Å²) < 4.78 is 1.92. The van der Waals surface area contributed by atoms with E-state index < -0.39 is 0 Å². The highest BCUT2D eigenvalue weighted by Crippen LogP contribution is 2.39. The second-order valence-electron chi connectivity index (χ2n) is 7.25. The normalized spacial score (nSPS) is 17.3. The molecule has 0 atom stereocenters. The van der Waals surface area contributed by atoms with Crippen LogP contribution in [-0.2, 0) is 6.54 Å². The Morgan fingerprint density at radius 3 is 2.77 bits per heavy atom. The lowest BCUT2D eigenvalue weighted by Crippen LogP contribution is -2.54. The van der Waals surface area contributed by atoms with Gasteiger partial charge < -0.3 is 10.2 Å². The number of hydrogen-bond acceptors (Lipinski definition) is 3. The van der Waals surface area contributed by atoms with Gasteiger partial charge in [-0.15, -0.1) is 5.10 Å². The van der Waals surface area contributed by atoms with Crippen molar-refractivity contribution in [1.82, 2.24) is 25.2 Å². The molecule has 1 aliphatic heterocycles. The predicted molar refractivity (Wildman–Crippen MR) is 98.8 cm³/mol. The molecule has 1 aliphatic carbocycles. The average Bonchev–Trinajstić information content (AvgIpc) is 3.37. The number of likely N-dealkylation sites (tertiary alicyclic amines) is 1. The number of urea groups is 1. The molecule has 6 nitrogen and oxygen atoms in total. The Labute approximate surface area is 151 Å². The molecule has 2 amide bonds. The molecule has 2 heterocycles. The van der Waals surface area contributed by atoms with Gasteiger partial charge in [0.1, 0.15) is 0 Å². The fraction of sp³-hybridized carbons (Fsp3) is 0.350. The summed E-state index contributed by atoms with van der Waals surface area (Å²) in [5.41, 5.74) is 2.24. The van der Waals surface area contributed by atoms with Crippen LogP contribution in [0.1, 0.15) is 36.1 Å². The summed E-state index contributed by atoms with van der Waals surface area (Å²) in [6.07, 6.45) is 4.51. The largest absolute Gasteiger partial charge is 0.334 e. The topological polar surface area (TPSA) is 63.1 Å². The molecule has 3 aromatic rings. The van der Waals surface area contributed by atoms with Gasteiger partial charge in [-0.2, -0.15) is 0 Å². The Bertz CT molecular complexity index is 950. The van der Waals surface area contributed by atoms with Crippen molar-refractivity contribution in [2.45, 2.75) is 31.3 Å². The van der Waals surface area contributed by atoms with Crippen molar-refractivity contribution in [3.8, 4) is 0 Å². The lowest BCUT2D eigenvalue weighted by Gasteiger charge is -2.38. The zero-order valence-electron chi connectivity index (χ0n) is 14.5. The zero-order valence-corrected chi connectivity index (χ0v) is 14.5. The van der Waals surface area contributed by atoms with Gasteiger partial charge in [0.05, 0.1) is 11.7 Å². The minimum atomic E-state index is -0.0169. The highest BCUT2D eigenvalue weighted by Gasteiger charge is 2.34. The van der Waals surface area contributed by atoms with E-state index in [9.17, 15) is 4.79 Å². The highest BCUT2D eigenvalue weighted by atomic mass is 16.2. The molecule has 2 aliphatic rings. The van der Waals surface area contributed by atoms with Crippen molar-refractivity contribution >= 4 is 16.8 Å². The molecule has 0 bridgehead atoms. The van der Waals surface area contributed by atoms with E-state index in [0.29, 0.717) is 25.6 Å². The molecule has 132 valence electrons. The van der Waals surface area contributed by atoms with Crippen LogP contribution in [-0.4, -0.2) is 39.0 Å². The number of rotatable bonds is 4. The van der Waals surface area contributed by atoms with E-state index in [1.807, 2.05) is 34.0 Å². The van der Waals surface area contributed by atoms with Gasteiger partial charge in [0.15, 0.2) is 0 Å². The number of fused-ring (bicyclic) bond motifs is 1. The van der Waals surface area contributed by atoms with Crippen LogP contribution in [0.25, 0.3) is 10.8 Å². The molecule has 1 saturated carbocycles. The summed E-state index contributed by atoms with van der Waals surface area (Å²) in [4.78, 5) is 14.2. The Hall–Kier alpha value is -2.89. The number of nitrogens with one attached hydrogen (secondary N) is 1. The summed E-state index contributed by atoms with van der Waals surface area (Å²) in [5, 5.41) is 13.9. The molecular formula is C20H21N5O. The maximum atomic E-state index is 12.4. The van der Waals surface area contributed by atoms with Gasteiger partial charge in [0.2, 0.25) is 0 Å². The van der Waals surface area contributed by atoms with E-state index in [1.54, 1.807) is 0 Å². The molecule has 2 fully saturated rings. The van der Waals surface area contributed by atoms with E-state index in [-0.39, 0.29) is 12.1 Å². The summed E-state index contributed by atoms with van der Waals surface area (Å²) in [6, 6.07) is 14.7. The van der Waals surface area contributed by atoms with Crippen LogP contribution in [0.4, 0.5) is 4.79 Å². The number of benzene rings is 2. The van der Waals surface area contributed by atoms with Gasteiger partial charge in [0.25, 0.3) is 0 Å². The minimum Gasteiger partial charge on any atom is -0.334 e. The maximum absolute atomic E-state index is 12.4. The molecule has 6 heteroatoms. The van der Waals surface area contributed by atoms with Gasteiger partial charge in [0, 0.05) is 31.7 Å². The zero-order chi connectivity index (χ0) is 17.5. The third kappa shape index (κ3) is 2.81. The van der Waals surface area contributed by atoms with Crippen LogP contribution >= 0.6 is 0 Å². The quantitative estimate of drug-likeness (QED) is 0.789. The first-order valence-corrected chi connectivity index (χ1v) is 9.19. The van der Waals surface area contributed by atoms with E-state index in [2.05, 4.69) is 39.9 Å². The smallest absolute Gasteiger partial charge is 0.317 e. The Morgan fingerprint density at radius 2 is 1.92 bits per heavy atom. The van der Waals surface area contributed by atoms with Crippen LogP contribution in [0, 0.1) is 0 Å². The average molecular weight is 347 g/mol. The van der Waals surface area contributed by atoms with Crippen LogP contribution in [0.15, 0.2) is 48.7 Å². The van der Waals surface area contributed by atoms with E-state index >= 15 is 0 Å². The third-order valence-electron chi connectivity index (χ3n) is 5.36. The number of carbonyl (C=O) groups is 1. The Kier molecular flexibility index (Phi) is 3.62. The summed E-state index contributed by atoms with van der Waals surface area (Å²) in [6.45, 7) is 1.92. The fourth-order valence-corrected chi connectivity index (χ4v) is 3.55.